The van der Waals surface area contributed by atoms with Crippen molar-refractivity contribution in [3.05, 3.63) is 65.7 Å². The van der Waals surface area contributed by atoms with E-state index in [9.17, 15) is 9.18 Å². The zero-order valence-electron chi connectivity index (χ0n) is 18.0. The first-order valence-corrected chi connectivity index (χ1v) is 11.2. The Labute approximate surface area is 178 Å². The molecule has 1 amide bonds. The lowest BCUT2D eigenvalue weighted by Gasteiger charge is -2.37. The van der Waals surface area contributed by atoms with Gasteiger partial charge in [0.05, 0.1) is 17.7 Å². The van der Waals surface area contributed by atoms with E-state index in [1.165, 1.54) is 6.07 Å². The predicted molar refractivity (Wildman–Crippen MR) is 116 cm³/mol. The van der Waals surface area contributed by atoms with Crippen molar-refractivity contribution >= 4 is 5.91 Å². The molecular weight excluding hydrogens is 377 g/mol. The fourth-order valence-electron chi connectivity index (χ4n) is 5.39. The second kappa shape index (κ2) is 8.84. The van der Waals surface area contributed by atoms with E-state index in [-0.39, 0.29) is 17.8 Å². The lowest BCUT2D eigenvalue weighted by atomic mass is 9.69. The Morgan fingerprint density at radius 3 is 2.77 bits per heavy atom. The highest BCUT2D eigenvalue weighted by Gasteiger charge is 2.59. The number of aromatic nitrogens is 1. The van der Waals surface area contributed by atoms with Crippen LogP contribution in [0.15, 0.2) is 48.7 Å². The number of fused-ring (bicyclic) bond motifs is 2. The Hall–Kier alpha value is -2.27. The number of hydrogen-bond donors (Lipinski definition) is 1. The third-order valence-corrected chi connectivity index (χ3v) is 6.97. The molecular formula is C25H32FN3O. The number of carbonyl (C=O) groups excluding carboxylic acids is 1. The number of nitrogens with one attached hydrogen (secondary N) is 1. The Morgan fingerprint density at radius 2 is 2.03 bits per heavy atom. The van der Waals surface area contributed by atoms with Crippen LogP contribution in [-0.2, 0) is 17.9 Å². The van der Waals surface area contributed by atoms with E-state index in [2.05, 4.69) is 29.0 Å². The van der Waals surface area contributed by atoms with Crippen molar-refractivity contribution in [1.82, 2.24) is 15.2 Å². The van der Waals surface area contributed by atoms with Crippen LogP contribution in [0.25, 0.3) is 0 Å². The summed E-state index contributed by atoms with van der Waals surface area (Å²) in [6.45, 7) is 5.46. The molecule has 3 atom stereocenters. The lowest BCUT2D eigenvalue weighted by molar-refractivity contribution is -0.134. The highest BCUT2D eigenvalue weighted by Crippen LogP contribution is 2.53. The Morgan fingerprint density at radius 1 is 1.23 bits per heavy atom. The standard InChI is InChI=1S/C25H32FN3O/c1-18(2)12-13-25(24(30)28-16-20-8-5-6-14-27-20)15-21-10-11-23(25)29(21)17-19-7-3-4-9-22(19)26/h3-9,14,18,21,23H,10-13,15-17H2,1-2H3,(H,28,30)/t21-,23+,25+/m1/s1. The fraction of sp³-hybridized carbons (Fsp3) is 0.520. The van der Waals surface area contributed by atoms with Gasteiger partial charge in [-0.05, 0) is 56.2 Å². The number of rotatable bonds is 8. The van der Waals surface area contributed by atoms with Crippen molar-refractivity contribution in [1.29, 1.82) is 0 Å². The van der Waals surface area contributed by atoms with E-state index >= 15 is 0 Å². The number of nitrogens with zero attached hydrogens (tertiary/aromatic N) is 2. The van der Waals surface area contributed by atoms with Gasteiger partial charge in [0.15, 0.2) is 0 Å². The summed E-state index contributed by atoms with van der Waals surface area (Å²) in [6, 6.07) is 13.3. The largest absolute Gasteiger partial charge is 0.350 e. The molecule has 0 unspecified atom stereocenters. The summed E-state index contributed by atoms with van der Waals surface area (Å²) < 4.78 is 14.3. The van der Waals surface area contributed by atoms with Gasteiger partial charge in [0.25, 0.3) is 0 Å². The highest BCUT2D eigenvalue weighted by atomic mass is 19.1. The van der Waals surface area contributed by atoms with Gasteiger partial charge in [-0.15, -0.1) is 0 Å². The van der Waals surface area contributed by atoms with Crippen LogP contribution in [0.1, 0.15) is 57.2 Å². The number of amides is 1. The number of hydrogen-bond acceptors (Lipinski definition) is 3. The molecule has 0 aliphatic carbocycles. The smallest absolute Gasteiger partial charge is 0.228 e. The molecule has 2 aliphatic heterocycles. The molecule has 4 nitrogen and oxygen atoms in total. The van der Waals surface area contributed by atoms with Crippen molar-refractivity contribution in [3.8, 4) is 0 Å². The van der Waals surface area contributed by atoms with Gasteiger partial charge < -0.3 is 5.32 Å². The van der Waals surface area contributed by atoms with Gasteiger partial charge in [0, 0.05) is 30.4 Å². The summed E-state index contributed by atoms with van der Waals surface area (Å²) in [6.07, 6.45) is 6.63. The van der Waals surface area contributed by atoms with Gasteiger partial charge in [-0.3, -0.25) is 14.7 Å². The Kier molecular flexibility index (Phi) is 6.19. The van der Waals surface area contributed by atoms with Crippen LogP contribution in [0, 0.1) is 17.2 Å². The van der Waals surface area contributed by atoms with Crippen molar-refractivity contribution in [2.45, 2.75) is 71.1 Å². The third-order valence-electron chi connectivity index (χ3n) is 6.97. The Balaban J connectivity index is 1.54. The first-order valence-electron chi connectivity index (χ1n) is 11.2. The molecule has 1 aromatic carbocycles. The maximum absolute atomic E-state index is 14.3. The van der Waals surface area contributed by atoms with E-state index in [0.29, 0.717) is 25.0 Å². The van der Waals surface area contributed by atoms with Crippen molar-refractivity contribution in [2.24, 2.45) is 11.3 Å². The number of halogens is 1. The van der Waals surface area contributed by atoms with Gasteiger partial charge in [0.1, 0.15) is 5.82 Å². The van der Waals surface area contributed by atoms with Crippen LogP contribution < -0.4 is 5.32 Å². The SMILES string of the molecule is CC(C)CC[C@]1(C(=O)NCc2ccccn2)C[C@H]2CC[C@@H]1N2Cc1ccccc1F. The monoisotopic (exact) mass is 409 g/mol. The minimum Gasteiger partial charge on any atom is -0.350 e. The zero-order chi connectivity index (χ0) is 21.1. The van der Waals surface area contributed by atoms with E-state index in [0.717, 1.165) is 43.4 Å². The Bertz CT molecular complexity index is 872. The fourth-order valence-corrected chi connectivity index (χ4v) is 5.39. The molecule has 30 heavy (non-hydrogen) atoms. The summed E-state index contributed by atoms with van der Waals surface area (Å²) >= 11 is 0. The molecule has 0 saturated carbocycles. The quantitative estimate of drug-likeness (QED) is 0.688. The molecule has 3 heterocycles. The third kappa shape index (κ3) is 4.13. The van der Waals surface area contributed by atoms with E-state index in [4.69, 9.17) is 0 Å². The van der Waals surface area contributed by atoms with Crippen LogP contribution in [0.3, 0.4) is 0 Å². The summed E-state index contributed by atoms with van der Waals surface area (Å²) in [5.41, 5.74) is 1.20. The summed E-state index contributed by atoms with van der Waals surface area (Å²) in [5.74, 6) is 0.528. The molecule has 160 valence electrons. The number of pyridine rings is 1. The molecule has 2 bridgehead atoms. The summed E-state index contributed by atoms with van der Waals surface area (Å²) in [7, 11) is 0. The molecule has 1 aromatic heterocycles. The summed E-state index contributed by atoms with van der Waals surface area (Å²) in [5, 5.41) is 3.18. The summed E-state index contributed by atoms with van der Waals surface area (Å²) in [4.78, 5) is 20.3. The van der Waals surface area contributed by atoms with Gasteiger partial charge >= 0.3 is 0 Å². The number of benzene rings is 1. The molecule has 1 N–H and O–H groups in total. The minimum atomic E-state index is -0.396. The topological polar surface area (TPSA) is 45.2 Å². The average Bonchev–Trinajstić information content (AvgIpc) is 3.28. The van der Waals surface area contributed by atoms with E-state index in [1.807, 2.05) is 30.3 Å². The van der Waals surface area contributed by atoms with Crippen molar-refractivity contribution in [2.75, 3.05) is 0 Å². The van der Waals surface area contributed by atoms with Gasteiger partial charge in [-0.1, -0.05) is 38.1 Å². The molecule has 5 heteroatoms. The first-order chi connectivity index (χ1) is 14.5. The second-order valence-electron chi connectivity index (χ2n) is 9.31. The molecule has 2 aliphatic rings. The molecule has 2 aromatic rings. The van der Waals surface area contributed by atoms with E-state index in [1.54, 1.807) is 12.3 Å². The minimum absolute atomic E-state index is 0.138. The maximum atomic E-state index is 14.3. The average molecular weight is 410 g/mol. The van der Waals surface area contributed by atoms with Crippen molar-refractivity contribution < 1.29 is 9.18 Å². The van der Waals surface area contributed by atoms with E-state index < -0.39 is 5.41 Å². The van der Waals surface area contributed by atoms with Gasteiger partial charge in [-0.2, -0.15) is 0 Å². The molecule has 2 saturated heterocycles. The normalized spacial score (nSPS) is 25.7. The van der Waals surface area contributed by atoms with Gasteiger partial charge in [-0.25, -0.2) is 4.39 Å². The van der Waals surface area contributed by atoms with Crippen LogP contribution in [0.5, 0.6) is 0 Å². The first kappa shape index (κ1) is 21.0. The maximum Gasteiger partial charge on any atom is 0.228 e. The van der Waals surface area contributed by atoms with Crippen LogP contribution in [0.4, 0.5) is 4.39 Å². The lowest BCUT2D eigenvalue weighted by Crippen LogP contribution is -2.49. The van der Waals surface area contributed by atoms with Crippen molar-refractivity contribution in [3.63, 3.8) is 0 Å². The molecule has 2 fully saturated rings. The number of carbonyl (C=O) groups is 1. The second-order valence-corrected chi connectivity index (χ2v) is 9.31. The van der Waals surface area contributed by atoms with Crippen LogP contribution in [0.2, 0.25) is 0 Å². The molecule has 0 spiro atoms. The molecule has 0 radical (unpaired) electrons. The highest BCUT2D eigenvalue weighted by molar-refractivity contribution is 5.84. The van der Waals surface area contributed by atoms with Crippen LogP contribution in [-0.4, -0.2) is 27.9 Å². The van der Waals surface area contributed by atoms with Crippen LogP contribution >= 0.6 is 0 Å². The molecule has 4 rings (SSSR count). The van der Waals surface area contributed by atoms with Gasteiger partial charge in [0.2, 0.25) is 5.91 Å². The predicted octanol–water partition coefficient (Wildman–Crippen LogP) is 4.70. The zero-order valence-corrected chi connectivity index (χ0v) is 18.0.